The van der Waals surface area contributed by atoms with E-state index in [1.54, 1.807) is 0 Å². The fraction of sp³-hybridized carbons (Fsp3) is 0.136. The maximum Gasteiger partial charge on any atom is 0.145 e. The highest BCUT2D eigenvalue weighted by Crippen LogP contribution is 2.44. The van der Waals surface area contributed by atoms with E-state index in [0.29, 0.717) is 0 Å². The molecule has 0 amide bonds. The Morgan fingerprint density at radius 3 is 2.40 bits per heavy atom. The molecule has 3 heteroatoms. The van der Waals surface area contributed by atoms with E-state index >= 15 is 0 Å². The van der Waals surface area contributed by atoms with E-state index in [0.717, 1.165) is 17.9 Å². The highest BCUT2D eigenvalue weighted by Gasteiger charge is 2.33. The number of hydrogen-bond acceptors (Lipinski definition) is 2. The summed E-state index contributed by atoms with van der Waals surface area (Å²) in [5.74, 6) is 1.05. The summed E-state index contributed by atoms with van der Waals surface area (Å²) in [6, 6.07) is 27.7. The first-order valence-electron chi connectivity index (χ1n) is 8.76. The molecule has 3 aromatic carbocycles. The lowest BCUT2D eigenvalue weighted by Crippen LogP contribution is -2.37. The van der Waals surface area contributed by atoms with Crippen LogP contribution in [-0.2, 0) is 0 Å². The minimum Gasteiger partial charge on any atom is -0.347 e. The van der Waals surface area contributed by atoms with Crippen LogP contribution in [0.15, 0.2) is 78.9 Å². The van der Waals surface area contributed by atoms with E-state index in [2.05, 4.69) is 95.3 Å². The smallest absolute Gasteiger partial charge is 0.145 e. The van der Waals surface area contributed by atoms with Crippen molar-refractivity contribution in [1.29, 1.82) is 0 Å². The molecule has 0 N–H and O–H groups in total. The van der Waals surface area contributed by atoms with E-state index < -0.39 is 0 Å². The number of para-hydroxylation sites is 3. The zero-order valence-corrected chi connectivity index (χ0v) is 14.1. The predicted molar refractivity (Wildman–Crippen MR) is 103 cm³/mol. The SMILES string of the molecule is CCN1c2ccccc2-c2nc3ccccc3n2[C@H]1c1ccccc1. The standard InChI is InChI=1S/C22H19N3/c1-2-24-19-14-8-6-12-17(19)21-23-18-13-7-9-15-20(18)25(21)22(24)16-10-4-3-5-11-16/h3-15,22H,2H2,1H3/t22-/m0/s1. The van der Waals surface area contributed by atoms with Gasteiger partial charge in [0.15, 0.2) is 0 Å². The first-order valence-corrected chi connectivity index (χ1v) is 8.76. The Hall–Kier alpha value is -3.07. The number of benzene rings is 3. The van der Waals surface area contributed by atoms with Gasteiger partial charge in [0, 0.05) is 17.8 Å². The molecule has 0 aliphatic carbocycles. The number of fused-ring (bicyclic) bond motifs is 5. The van der Waals surface area contributed by atoms with Gasteiger partial charge in [0.1, 0.15) is 12.0 Å². The fourth-order valence-electron chi connectivity index (χ4n) is 3.96. The Bertz CT molecular complexity index is 1050. The second-order valence-electron chi connectivity index (χ2n) is 6.38. The number of rotatable bonds is 2. The van der Waals surface area contributed by atoms with Crippen molar-refractivity contribution < 1.29 is 0 Å². The largest absolute Gasteiger partial charge is 0.347 e. The van der Waals surface area contributed by atoms with Gasteiger partial charge in [-0.05, 0) is 36.8 Å². The normalized spacial score (nSPS) is 15.9. The Balaban J connectivity index is 1.89. The second-order valence-corrected chi connectivity index (χ2v) is 6.38. The second kappa shape index (κ2) is 5.49. The average Bonchev–Trinajstić information content (AvgIpc) is 3.07. The molecular weight excluding hydrogens is 306 g/mol. The summed E-state index contributed by atoms with van der Waals surface area (Å²) in [6.07, 6.45) is 0.114. The Morgan fingerprint density at radius 1 is 0.840 bits per heavy atom. The molecule has 0 saturated heterocycles. The van der Waals surface area contributed by atoms with E-state index in [-0.39, 0.29) is 6.17 Å². The number of hydrogen-bond donors (Lipinski definition) is 0. The molecule has 0 saturated carbocycles. The molecular formula is C22H19N3. The van der Waals surface area contributed by atoms with Crippen molar-refractivity contribution in [2.45, 2.75) is 13.1 Å². The summed E-state index contributed by atoms with van der Waals surface area (Å²) in [5.41, 5.74) is 5.96. The van der Waals surface area contributed by atoms with Crippen LogP contribution in [0.1, 0.15) is 18.7 Å². The molecule has 0 fully saturated rings. The summed E-state index contributed by atoms with van der Waals surface area (Å²) in [7, 11) is 0. The highest BCUT2D eigenvalue weighted by atomic mass is 15.3. The quantitative estimate of drug-likeness (QED) is 0.512. The molecule has 0 bridgehead atoms. The van der Waals surface area contributed by atoms with Crippen molar-refractivity contribution in [2.24, 2.45) is 0 Å². The van der Waals surface area contributed by atoms with Crippen molar-refractivity contribution in [2.75, 3.05) is 11.4 Å². The monoisotopic (exact) mass is 325 g/mol. The van der Waals surface area contributed by atoms with Gasteiger partial charge >= 0.3 is 0 Å². The van der Waals surface area contributed by atoms with Crippen LogP contribution in [0.2, 0.25) is 0 Å². The predicted octanol–water partition coefficient (Wildman–Crippen LogP) is 5.09. The molecule has 1 aromatic heterocycles. The van der Waals surface area contributed by atoms with Gasteiger partial charge in [0.2, 0.25) is 0 Å². The minimum atomic E-state index is 0.114. The first-order chi connectivity index (χ1) is 12.4. The molecule has 1 aliphatic rings. The molecule has 4 aromatic rings. The highest BCUT2D eigenvalue weighted by molar-refractivity contribution is 5.87. The van der Waals surface area contributed by atoms with E-state index in [4.69, 9.17) is 4.98 Å². The Kier molecular flexibility index (Phi) is 3.14. The molecule has 2 heterocycles. The molecule has 122 valence electrons. The van der Waals surface area contributed by atoms with E-state index in [1.807, 2.05) is 0 Å². The zero-order valence-electron chi connectivity index (χ0n) is 14.1. The Labute approximate surface area is 147 Å². The molecule has 5 rings (SSSR count). The van der Waals surface area contributed by atoms with Gasteiger partial charge in [-0.25, -0.2) is 4.98 Å². The van der Waals surface area contributed by atoms with Crippen LogP contribution in [-0.4, -0.2) is 16.1 Å². The first kappa shape index (κ1) is 14.3. The number of anilines is 1. The van der Waals surface area contributed by atoms with Crippen LogP contribution in [0.3, 0.4) is 0 Å². The summed E-state index contributed by atoms with van der Waals surface area (Å²) < 4.78 is 2.39. The van der Waals surface area contributed by atoms with E-state index in [9.17, 15) is 0 Å². The molecule has 1 atom stereocenters. The van der Waals surface area contributed by atoms with Gasteiger partial charge in [-0.3, -0.25) is 4.57 Å². The van der Waals surface area contributed by atoms with Crippen molar-refractivity contribution in [3.8, 4) is 11.4 Å². The van der Waals surface area contributed by atoms with Crippen molar-refractivity contribution in [3.05, 3.63) is 84.4 Å². The van der Waals surface area contributed by atoms with Crippen LogP contribution in [0.5, 0.6) is 0 Å². The summed E-state index contributed by atoms with van der Waals surface area (Å²) in [6.45, 7) is 3.15. The third-order valence-corrected chi connectivity index (χ3v) is 5.03. The molecule has 1 aliphatic heterocycles. The number of aromatic nitrogens is 2. The third kappa shape index (κ3) is 2.02. The molecule has 3 nitrogen and oxygen atoms in total. The van der Waals surface area contributed by atoms with Crippen LogP contribution in [0.25, 0.3) is 22.4 Å². The van der Waals surface area contributed by atoms with Crippen molar-refractivity contribution >= 4 is 16.7 Å². The van der Waals surface area contributed by atoms with Crippen molar-refractivity contribution in [1.82, 2.24) is 9.55 Å². The van der Waals surface area contributed by atoms with Gasteiger partial charge in [-0.2, -0.15) is 0 Å². The van der Waals surface area contributed by atoms with Gasteiger partial charge < -0.3 is 4.90 Å². The van der Waals surface area contributed by atoms with Crippen molar-refractivity contribution in [3.63, 3.8) is 0 Å². The minimum absolute atomic E-state index is 0.114. The molecule has 25 heavy (non-hydrogen) atoms. The third-order valence-electron chi connectivity index (χ3n) is 5.03. The van der Waals surface area contributed by atoms with Gasteiger partial charge in [-0.15, -0.1) is 0 Å². The summed E-state index contributed by atoms with van der Waals surface area (Å²) >= 11 is 0. The lowest BCUT2D eigenvalue weighted by atomic mass is 10.0. The number of imidazole rings is 1. The summed E-state index contributed by atoms with van der Waals surface area (Å²) in [4.78, 5) is 7.44. The molecule has 0 unspecified atom stereocenters. The molecule has 0 spiro atoms. The lowest BCUT2D eigenvalue weighted by molar-refractivity contribution is 0.556. The van der Waals surface area contributed by atoms with Crippen LogP contribution >= 0.6 is 0 Å². The number of nitrogens with zero attached hydrogens (tertiary/aromatic N) is 3. The van der Waals surface area contributed by atoms with Crippen LogP contribution in [0, 0.1) is 0 Å². The zero-order chi connectivity index (χ0) is 16.8. The van der Waals surface area contributed by atoms with Crippen LogP contribution < -0.4 is 4.90 Å². The van der Waals surface area contributed by atoms with Gasteiger partial charge in [0.25, 0.3) is 0 Å². The topological polar surface area (TPSA) is 21.1 Å². The fourth-order valence-corrected chi connectivity index (χ4v) is 3.96. The lowest BCUT2D eigenvalue weighted by Gasteiger charge is -2.40. The van der Waals surface area contributed by atoms with E-state index in [1.165, 1.54) is 22.3 Å². The average molecular weight is 325 g/mol. The molecule has 0 radical (unpaired) electrons. The maximum absolute atomic E-state index is 4.98. The van der Waals surface area contributed by atoms with Gasteiger partial charge in [0.05, 0.1) is 11.0 Å². The maximum atomic E-state index is 4.98. The Morgan fingerprint density at radius 2 is 1.56 bits per heavy atom. The summed E-state index contributed by atoms with van der Waals surface area (Å²) in [5, 5.41) is 0. The van der Waals surface area contributed by atoms with Gasteiger partial charge in [-0.1, -0.05) is 54.6 Å². The van der Waals surface area contributed by atoms with Crippen LogP contribution in [0.4, 0.5) is 5.69 Å².